The van der Waals surface area contributed by atoms with Crippen molar-refractivity contribution in [3.63, 3.8) is 0 Å². The molecule has 0 spiro atoms. The molecule has 0 fully saturated rings. The molecule has 0 atom stereocenters. The maximum Gasteiger partial charge on any atom is 0.0556 e. The fourth-order valence-corrected chi connectivity index (χ4v) is 2.53. The maximum absolute atomic E-state index is 6.23. The average molecular weight is 274 g/mol. The number of rotatable bonds is 7. The molecule has 2 nitrogen and oxygen atoms in total. The zero-order valence-corrected chi connectivity index (χ0v) is 12.2. The molecule has 1 aromatic carbocycles. The van der Waals surface area contributed by atoms with Gasteiger partial charge in [-0.3, -0.25) is 0 Å². The molecule has 1 aromatic rings. The molecule has 0 aromatic heterocycles. The van der Waals surface area contributed by atoms with Crippen LogP contribution in [0.4, 0.5) is 0 Å². The van der Waals surface area contributed by atoms with Gasteiger partial charge < -0.3 is 10.1 Å². The molecule has 96 valence electrons. The lowest BCUT2D eigenvalue weighted by Crippen LogP contribution is -2.21. The van der Waals surface area contributed by atoms with Crippen LogP contribution in [0.3, 0.4) is 0 Å². The Morgan fingerprint density at radius 1 is 1.41 bits per heavy atom. The van der Waals surface area contributed by atoms with Gasteiger partial charge in [0.05, 0.1) is 11.6 Å². The summed E-state index contributed by atoms with van der Waals surface area (Å²) in [7, 11) is 1.71. The Morgan fingerprint density at radius 2 is 2.18 bits per heavy atom. The molecule has 1 rings (SSSR count). The lowest BCUT2D eigenvalue weighted by atomic mass is 10.2. The molecule has 4 heteroatoms. The Morgan fingerprint density at radius 3 is 2.76 bits per heavy atom. The van der Waals surface area contributed by atoms with Gasteiger partial charge in [0.2, 0.25) is 0 Å². The van der Waals surface area contributed by atoms with Crippen molar-refractivity contribution in [1.82, 2.24) is 5.32 Å². The first kappa shape index (κ1) is 14.8. The van der Waals surface area contributed by atoms with Crippen molar-refractivity contribution in [2.75, 3.05) is 19.5 Å². The second-order valence-electron chi connectivity index (χ2n) is 4.14. The van der Waals surface area contributed by atoms with Crippen molar-refractivity contribution < 1.29 is 4.74 Å². The molecule has 17 heavy (non-hydrogen) atoms. The summed E-state index contributed by atoms with van der Waals surface area (Å²) in [6, 6.07) is 6.73. The van der Waals surface area contributed by atoms with Gasteiger partial charge in [-0.2, -0.15) is 0 Å². The van der Waals surface area contributed by atoms with Crippen LogP contribution < -0.4 is 5.32 Å². The summed E-state index contributed by atoms with van der Waals surface area (Å²) < 4.78 is 5.02. The van der Waals surface area contributed by atoms with Gasteiger partial charge in [-0.15, -0.1) is 11.8 Å². The average Bonchev–Trinajstić information content (AvgIpc) is 2.29. The lowest BCUT2D eigenvalue weighted by Gasteiger charge is -2.10. The second-order valence-corrected chi connectivity index (χ2v) is 5.69. The maximum atomic E-state index is 6.23. The number of methoxy groups -OCH3 is 1. The van der Waals surface area contributed by atoms with Crippen molar-refractivity contribution in [2.24, 2.45) is 0 Å². The van der Waals surface area contributed by atoms with Crippen LogP contribution in [-0.2, 0) is 11.3 Å². The van der Waals surface area contributed by atoms with Crippen molar-refractivity contribution >= 4 is 23.4 Å². The summed E-state index contributed by atoms with van der Waals surface area (Å²) in [5.74, 6) is 0.930. The number of nitrogens with one attached hydrogen (secondary N) is 1. The van der Waals surface area contributed by atoms with Gasteiger partial charge in [0, 0.05) is 30.3 Å². The van der Waals surface area contributed by atoms with Crippen LogP contribution in [0, 0.1) is 0 Å². The van der Waals surface area contributed by atoms with E-state index < -0.39 is 0 Å². The summed E-state index contributed by atoms with van der Waals surface area (Å²) >= 11 is 7.96. The number of halogens is 1. The highest BCUT2D eigenvalue weighted by atomic mass is 35.5. The predicted octanol–water partition coefficient (Wildman–Crippen LogP) is 3.58. The monoisotopic (exact) mass is 273 g/mol. The minimum atomic E-state index is 0.490. The molecule has 0 aliphatic carbocycles. The zero-order valence-electron chi connectivity index (χ0n) is 10.6. The summed E-state index contributed by atoms with van der Waals surface area (Å²) in [5, 5.41) is 4.20. The third kappa shape index (κ3) is 5.77. The number of hydrogen-bond donors (Lipinski definition) is 1. The van der Waals surface area contributed by atoms with E-state index in [0.717, 1.165) is 28.8 Å². The van der Waals surface area contributed by atoms with E-state index in [2.05, 4.69) is 31.3 Å². The summed E-state index contributed by atoms with van der Waals surface area (Å²) in [6.45, 7) is 5.88. The zero-order chi connectivity index (χ0) is 12.7. The third-order valence-corrected chi connectivity index (χ3v) is 3.72. The van der Waals surface area contributed by atoms with Crippen LogP contribution >= 0.6 is 23.4 Å². The van der Waals surface area contributed by atoms with Crippen molar-refractivity contribution in [2.45, 2.75) is 31.3 Å². The molecule has 0 heterocycles. The number of thioether (sulfide) groups is 1. The Balaban J connectivity index is 2.53. The summed E-state index contributed by atoms with van der Waals surface area (Å²) in [4.78, 5) is 1.12. The van der Waals surface area contributed by atoms with Gasteiger partial charge in [0.25, 0.3) is 0 Å². The van der Waals surface area contributed by atoms with Gasteiger partial charge in [-0.25, -0.2) is 0 Å². The molecular weight excluding hydrogens is 254 g/mol. The standard InChI is InChI=1S/C13H20ClNOS/c1-10(2)15-9-11-4-5-13(12(14)8-11)17-7-6-16-3/h4-5,8,10,15H,6-7,9H2,1-3H3. The molecule has 0 bridgehead atoms. The Bertz CT molecular complexity index is 344. The fourth-order valence-electron chi connectivity index (χ4n) is 1.33. The first-order valence-corrected chi connectivity index (χ1v) is 7.13. The second kappa shape index (κ2) is 7.98. The number of hydrogen-bond acceptors (Lipinski definition) is 3. The van der Waals surface area contributed by atoms with Gasteiger partial charge in [-0.1, -0.05) is 31.5 Å². The van der Waals surface area contributed by atoms with E-state index in [1.165, 1.54) is 5.56 Å². The number of benzene rings is 1. The minimum Gasteiger partial charge on any atom is -0.384 e. The van der Waals surface area contributed by atoms with E-state index in [1.54, 1.807) is 18.9 Å². The molecule has 0 radical (unpaired) electrons. The topological polar surface area (TPSA) is 21.3 Å². The van der Waals surface area contributed by atoms with E-state index in [1.807, 2.05) is 6.07 Å². The van der Waals surface area contributed by atoms with E-state index >= 15 is 0 Å². The Hall–Kier alpha value is -0.220. The fraction of sp³-hybridized carbons (Fsp3) is 0.538. The highest BCUT2D eigenvalue weighted by Gasteiger charge is 2.03. The normalized spacial score (nSPS) is 11.1. The van der Waals surface area contributed by atoms with Gasteiger partial charge >= 0.3 is 0 Å². The smallest absolute Gasteiger partial charge is 0.0556 e. The Kier molecular flexibility index (Phi) is 6.97. The predicted molar refractivity (Wildman–Crippen MR) is 76.0 cm³/mol. The van der Waals surface area contributed by atoms with Gasteiger partial charge in [0.15, 0.2) is 0 Å². The van der Waals surface area contributed by atoms with Crippen LogP contribution in [0.1, 0.15) is 19.4 Å². The van der Waals surface area contributed by atoms with E-state index in [-0.39, 0.29) is 0 Å². The molecule has 0 aliphatic heterocycles. The summed E-state index contributed by atoms with van der Waals surface area (Å²) in [6.07, 6.45) is 0. The van der Waals surface area contributed by atoms with Crippen molar-refractivity contribution in [3.8, 4) is 0 Å². The van der Waals surface area contributed by atoms with Crippen molar-refractivity contribution in [1.29, 1.82) is 0 Å². The largest absolute Gasteiger partial charge is 0.384 e. The van der Waals surface area contributed by atoms with Crippen LogP contribution in [-0.4, -0.2) is 25.5 Å². The molecular formula is C13H20ClNOS. The van der Waals surface area contributed by atoms with Crippen LogP contribution in [0.2, 0.25) is 5.02 Å². The highest BCUT2D eigenvalue weighted by molar-refractivity contribution is 7.99. The van der Waals surface area contributed by atoms with Crippen LogP contribution in [0.25, 0.3) is 0 Å². The van der Waals surface area contributed by atoms with Crippen molar-refractivity contribution in [3.05, 3.63) is 28.8 Å². The molecule has 0 amide bonds. The minimum absolute atomic E-state index is 0.490. The highest BCUT2D eigenvalue weighted by Crippen LogP contribution is 2.27. The molecule has 0 saturated carbocycles. The van der Waals surface area contributed by atoms with Crippen LogP contribution in [0.15, 0.2) is 23.1 Å². The van der Waals surface area contributed by atoms with E-state index in [9.17, 15) is 0 Å². The molecule has 1 N–H and O–H groups in total. The van der Waals surface area contributed by atoms with Gasteiger partial charge in [0.1, 0.15) is 0 Å². The summed E-state index contributed by atoms with van der Waals surface area (Å²) in [5.41, 5.74) is 1.22. The molecule has 0 unspecified atom stereocenters. The van der Waals surface area contributed by atoms with E-state index in [4.69, 9.17) is 16.3 Å². The number of ether oxygens (including phenoxy) is 1. The molecule has 0 saturated heterocycles. The SMILES string of the molecule is COCCSc1ccc(CNC(C)C)cc1Cl. The molecule has 0 aliphatic rings. The third-order valence-electron chi connectivity index (χ3n) is 2.26. The quantitative estimate of drug-likeness (QED) is 0.606. The Labute approximate surface area is 113 Å². The van der Waals surface area contributed by atoms with E-state index in [0.29, 0.717) is 6.04 Å². The lowest BCUT2D eigenvalue weighted by molar-refractivity contribution is 0.218. The van der Waals surface area contributed by atoms with Crippen LogP contribution in [0.5, 0.6) is 0 Å². The first-order valence-electron chi connectivity index (χ1n) is 5.77. The first-order chi connectivity index (χ1) is 8.13. The van der Waals surface area contributed by atoms with Gasteiger partial charge in [-0.05, 0) is 17.7 Å².